The number of nitrogens with zero attached hydrogens (tertiary/aromatic N) is 2. The third-order valence-electron chi connectivity index (χ3n) is 4.80. The van der Waals surface area contributed by atoms with Gasteiger partial charge in [0.05, 0.1) is 12.2 Å². The summed E-state index contributed by atoms with van der Waals surface area (Å²) in [5.74, 6) is -0.418. The minimum atomic E-state index is -0.384. The van der Waals surface area contributed by atoms with Crippen LogP contribution in [-0.4, -0.2) is 60.9 Å². The Bertz CT molecular complexity index is 886. The largest absolute Gasteiger partial charge is 0.482 e. The van der Waals surface area contributed by atoms with E-state index in [0.717, 1.165) is 18.7 Å². The van der Waals surface area contributed by atoms with Crippen LogP contribution in [0.2, 0.25) is 5.02 Å². The van der Waals surface area contributed by atoms with Gasteiger partial charge in [-0.25, -0.2) is 4.39 Å². The highest BCUT2D eigenvalue weighted by molar-refractivity contribution is 6.31. The number of benzene rings is 2. The van der Waals surface area contributed by atoms with E-state index in [1.165, 1.54) is 12.1 Å². The maximum absolute atomic E-state index is 13.0. The van der Waals surface area contributed by atoms with Gasteiger partial charge in [-0.05, 0) is 35.9 Å². The van der Waals surface area contributed by atoms with Crippen molar-refractivity contribution in [3.63, 3.8) is 0 Å². The zero-order valence-electron chi connectivity index (χ0n) is 16.4. The van der Waals surface area contributed by atoms with Crippen molar-refractivity contribution in [1.29, 1.82) is 0 Å². The van der Waals surface area contributed by atoms with Crippen LogP contribution in [0.25, 0.3) is 0 Å². The smallest absolute Gasteiger partial charge is 0.260 e. The molecule has 1 fully saturated rings. The molecule has 2 amide bonds. The monoisotopic (exact) mass is 434 g/mol. The van der Waals surface area contributed by atoms with Gasteiger partial charge in [0.15, 0.2) is 6.61 Å². The summed E-state index contributed by atoms with van der Waals surface area (Å²) in [5.41, 5.74) is 6.73. The van der Waals surface area contributed by atoms with Crippen molar-refractivity contribution < 1.29 is 18.7 Å². The first kappa shape index (κ1) is 22.0. The molecule has 7 nitrogen and oxygen atoms in total. The molecule has 3 rings (SSSR count). The minimum Gasteiger partial charge on any atom is -0.482 e. The molecule has 0 radical (unpaired) electrons. The number of hydrogen-bond donors (Lipinski definition) is 2. The number of rotatable bonds is 7. The summed E-state index contributed by atoms with van der Waals surface area (Å²) < 4.78 is 18.7. The predicted octanol–water partition coefficient (Wildman–Crippen LogP) is 2.10. The number of carbonyl (C=O) groups excluding carboxylic acids is 2. The second-order valence-corrected chi connectivity index (χ2v) is 7.40. The molecule has 0 unspecified atom stereocenters. The van der Waals surface area contributed by atoms with Crippen molar-refractivity contribution in [2.24, 2.45) is 5.73 Å². The van der Waals surface area contributed by atoms with E-state index >= 15 is 0 Å². The molecule has 0 bridgehead atoms. The van der Waals surface area contributed by atoms with Crippen LogP contribution >= 0.6 is 11.6 Å². The van der Waals surface area contributed by atoms with Crippen LogP contribution in [0.4, 0.5) is 10.1 Å². The maximum atomic E-state index is 13.0. The molecule has 0 atom stereocenters. The van der Waals surface area contributed by atoms with Gasteiger partial charge in [-0.2, -0.15) is 0 Å². The van der Waals surface area contributed by atoms with E-state index in [0.29, 0.717) is 36.1 Å². The van der Waals surface area contributed by atoms with E-state index in [1.807, 2.05) is 0 Å². The summed E-state index contributed by atoms with van der Waals surface area (Å²) in [5, 5.41) is 3.04. The Kier molecular flexibility index (Phi) is 7.62. The molecule has 2 aromatic carbocycles. The van der Waals surface area contributed by atoms with E-state index in [-0.39, 0.29) is 30.8 Å². The summed E-state index contributed by atoms with van der Waals surface area (Å²) in [4.78, 5) is 28.1. The Hall–Kier alpha value is -2.68. The number of carbonyl (C=O) groups is 2. The summed E-state index contributed by atoms with van der Waals surface area (Å²) in [6.45, 7) is 3.01. The van der Waals surface area contributed by atoms with Crippen molar-refractivity contribution in [2.75, 3.05) is 44.6 Å². The summed E-state index contributed by atoms with van der Waals surface area (Å²) in [7, 11) is 0. The molecule has 160 valence electrons. The average Bonchev–Trinajstić information content (AvgIpc) is 2.75. The molecule has 3 N–H and O–H groups in total. The number of nitrogens with two attached hydrogens (primary N) is 1. The van der Waals surface area contributed by atoms with Gasteiger partial charge in [0.25, 0.3) is 5.91 Å². The Morgan fingerprint density at radius 1 is 1.10 bits per heavy atom. The van der Waals surface area contributed by atoms with Gasteiger partial charge in [-0.15, -0.1) is 0 Å². The number of piperazine rings is 1. The molecule has 1 aliphatic rings. The quantitative estimate of drug-likeness (QED) is 0.696. The molecule has 0 aromatic heterocycles. The van der Waals surface area contributed by atoms with E-state index < -0.39 is 0 Å². The fraction of sp³-hybridized carbons (Fsp3) is 0.333. The predicted molar refractivity (Wildman–Crippen MR) is 113 cm³/mol. The molecular formula is C21H24ClFN4O3. The first-order valence-electron chi connectivity index (χ1n) is 9.61. The van der Waals surface area contributed by atoms with Crippen LogP contribution in [0.1, 0.15) is 5.56 Å². The topological polar surface area (TPSA) is 87.9 Å². The molecule has 0 spiro atoms. The standard InChI is InChI=1S/C21H24ClFN4O3/c22-16-3-6-19(18(11-16)25-20(28)12-24)30-14-21(29)27-9-7-26(8-10-27)13-15-1-4-17(23)5-2-15/h1-6,11H,7-10,12-14,24H2,(H,25,28). The van der Waals surface area contributed by atoms with Gasteiger partial charge in [0.2, 0.25) is 5.91 Å². The van der Waals surface area contributed by atoms with Crippen molar-refractivity contribution in [2.45, 2.75) is 6.54 Å². The average molecular weight is 435 g/mol. The van der Waals surface area contributed by atoms with Crippen molar-refractivity contribution in [3.05, 3.63) is 58.9 Å². The fourth-order valence-electron chi connectivity index (χ4n) is 3.16. The van der Waals surface area contributed by atoms with E-state index in [1.54, 1.807) is 35.2 Å². The maximum Gasteiger partial charge on any atom is 0.260 e. The molecule has 1 aliphatic heterocycles. The number of anilines is 1. The molecule has 2 aromatic rings. The van der Waals surface area contributed by atoms with Gasteiger partial charge in [-0.3, -0.25) is 14.5 Å². The Morgan fingerprint density at radius 2 is 1.80 bits per heavy atom. The molecule has 0 aliphatic carbocycles. The third kappa shape index (κ3) is 6.16. The van der Waals surface area contributed by atoms with Gasteiger partial charge in [0.1, 0.15) is 11.6 Å². The van der Waals surface area contributed by atoms with E-state index in [4.69, 9.17) is 22.1 Å². The summed E-state index contributed by atoms with van der Waals surface area (Å²) in [6.07, 6.45) is 0. The zero-order chi connectivity index (χ0) is 21.5. The minimum absolute atomic E-state index is 0.137. The lowest BCUT2D eigenvalue weighted by molar-refractivity contribution is -0.135. The Labute approximate surface area is 179 Å². The molecule has 1 heterocycles. The third-order valence-corrected chi connectivity index (χ3v) is 5.03. The highest BCUT2D eigenvalue weighted by atomic mass is 35.5. The molecule has 30 heavy (non-hydrogen) atoms. The number of nitrogens with one attached hydrogen (secondary N) is 1. The highest BCUT2D eigenvalue weighted by Gasteiger charge is 2.22. The van der Waals surface area contributed by atoms with Crippen LogP contribution in [0, 0.1) is 5.82 Å². The number of amides is 2. The molecule has 1 saturated heterocycles. The first-order valence-corrected chi connectivity index (χ1v) is 9.99. The molecule has 9 heteroatoms. The van der Waals surface area contributed by atoms with Crippen molar-refractivity contribution in [3.8, 4) is 5.75 Å². The fourth-order valence-corrected chi connectivity index (χ4v) is 3.33. The van der Waals surface area contributed by atoms with Gasteiger partial charge in [0, 0.05) is 37.7 Å². The summed E-state index contributed by atoms with van der Waals surface area (Å²) in [6, 6.07) is 11.2. The lowest BCUT2D eigenvalue weighted by Gasteiger charge is -2.34. The van der Waals surface area contributed by atoms with Crippen LogP contribution in [-0.2, 0) is 16.1 Å². The highest BCUT2D eigenvalue weighted by Crippen LogP contribution is 2.28. The van der Waals surface area contributed by atoms with E-state index in [9.17, 15) is 14.0 Å². The lowest BCUT2D eigenvalue weighted by atomic mass is 10.2. The zero-order valence-corrected chi connectivity index (χ0v) is 17.2. The second-order valence-electron chi connectivity index (χ2n) is 6.96. The van der Waals surface area contributed by atoms with E-state index in [2.05, 4.69) is 10.2 Å². The van der Waals surface area contributed by atoms with Crippen LogP contribution in [0.15, 0.2) is 42.5 Å². The van der Waals surface area contributed by atoms with Gasteiger partial charge >= 0.3 is 0 Å². The first-order chi connectivity index (χ1) is 14.4. The normalized spacial score (nSPS) is 14.4. The van der Waals surface area contributed by atoms with Crippen LogP contribution in [0.5, 0.6) is 5.75 Å². The molecular weight excluding hydrogens is 411 g/mol. The lowest BCUT2D eigenvalue weighted by Crippen LogP contribution is -2.49. The van der Waals surface area contributed by atoms with Gasteiger partial charge in [-0.1, -0.05) is 23.7 Å². The Balaban J connectivity index is 1.49. The van der Waals surface area contributed by atoms with Crippen molar-refractivity contribution >= 4 is 29.1 Å². The van der Waals surface area contributed by atoms with Crippen LogP contribution in [0.3, 0.4) is 0 Å². The number of ether oxygens (including phenoxy) is 1. The molecule has 0 saturated carbocycles. The summed E-state index contributed by atoms with van der Waals surface area (Å²) >= 11 is 5.97. The van der Waals surface area contributed by atoms with Gasteiger partial charge < -0.3 is 20.7 Å². The van der Waals surface area contributed by atoms with Crippen LogP contribution < -0.4 is 15.8 Å². The van der Waals surface area contributed by atoms with Crippen molar-refractivity contribution in [1.82, 2.24) is 9.80 Å². The number of hydrogen-bond acceptors (Lipinski definition) is 5. The second kappa shape index (κ2) is 10.4. The number of halogens is 2. The Morgan fingerprint density at radius 3 is 2.47 bits per heavy atom. The SMILES string of the molecule is NCC(=O)Nc1cc(Cl)ccc1OCC(=O)N1CCN(Cc2ccc(F)cc2)CC1.